The zero-order valence-corrected chi connectivity index (χ0v) is 13.3. The van der Waals surface area contributed by atoms with Gasteiger partial charge >= 0.3 is 0 Å². The molecule has 0 aliphatic heterocycles. The van der Waals surface area contributed by atoms with Crippen LogP contribution in [0.4, 0.5) is 4.39 Å². The van der Waals surface area contributed by atoms with E-state index >= 15 is 0 Å². The van der Waals surface area contributed by atoms with Gasteiger partial charge in [-0.2, -0.15) is 0 Å². The molecule has 1 aromatic carbocycles. The van der Waals surface area contributed by atoms with Crippen molar-refractivity contribution in [2.24, 2.45) is 5.73 Å². The van der Waals surface area contributed by atoms with Crippen molar-refractivity contribution in [3.8, 4) is 0 Å². The van der Waals surface area contributed by atoms with E-state index in [1.54, 1.807) is 13.2 Å². The van der Waals surface area contributed by atoms with E-state index in [9.17, 15) is 4.39 Å². The zero-order chi connectivity index (χ0) is 15.5. The third-order valence-electron chi connectivity index (χ3n) is 5.26. The molecule has 0 amide bonds. The van der Waals surface area contributed by atoms with Crippen LogP contribution in [0.25, 0.3) is 0 Å². The highest BCUT2D eigenvalue weighted by Gasteiger charge is 2.40. The topological polar surface area (TPSA) is 38.5 Å². The Hall–Kier alpha value is -0.970. The number of likely N-dealkylation sites (N-methyl/N-ethyl adjacent to an activating group) is 1. The number of hydrogen-bond donors (Lipinski definition) is 1. The van der Waals surface area contributed by atoms with E-state index in [1.807, 2.05) is 12.1 Å². The van der Waals surface area contributed by atoms with Crippen LogP contribution in [-0.2, 0) is 4.74 Å². The second-order valence-corrected chi connectivity index (χ2v) is 6.17. The van der Waals surface area contributed by atoms with Gasteiger partial charge in [0, 0.05) is 30.8 Å². The number of halogens is 1. The number of nitrogens with zero attached hydrogens (tertiary/aromatic N) is 1. The first kappa shape index (κ1) is 16.4. The van der Waals surface area contributed by atoms with Gasteiger partial charge in [0.1, 0.15) is 5.82 Å². The molecule has 118 valence electrons. The molecule has 1 aliphatic rings. The van der Waals surface area contributed by atoms with Crippen LogP contribution in [0.15, 0.2) is 24.3 Å². The van der Waals surface area contributed by atoms with E-state index in [2.05, 4.69) is 18.9 Å². The Labute approximate surface area is 127 Å². The summed E-state index contributed by atoms with van der Waals surface area (Å²) < 4.78 is 19.5. The van der Waals surface area contributed by atoms with Crippen LogP contribution in [0, 0.1) is 5.82 Å². The fourth-order valence-corrected chi connectivity index (χ4v) is 3.50. The number of rotatable bonds is 5. The van der Waals surface area contributed by atoms with Crippen molar-refractivity contribution in [1.82, 2.24) is 4.90 Å². The maximum atomic E-state index is 14.0. The van der Waals surface area contributed by atoms with Crippen molar-refractivity contribution in [2.75, 3.05) is 20.7 Å². The average molecular weight is 294 g/mol. The normalized spacial score (nSPS) is 27.8. The van der Waals surface area contributed by atoms with E-state index in [-0.39, 0.29) is 17.4 Å². The summed E-state index contributed by atoms with van der Waals surface area (Å²) in [6.07, 6.45) is 4.36. The SMILES string of the molecule is COC1CCC(CN)(N(C)C(C)c2ccccc2F)CC1. The minimum absolute atomic E-state index is 0.00819. The summed E-state index contributed by atoms with van der Waals surface area (Å²) in [5.41, 5.74) is 6.78. The number of methoxy groups -OCH3 is 1. The molecule has 0 saturated heterocycles. The largest absolute Gasteiger partial charge is 0.381 e. The van der Waals surface area contributed by atoms with Crippen molar-refractivity contribution in [1.29, 1.82) is 0 Å². The second-order valence-electron chi connectivity index (χ2n) is 6.17. The van der Waals surface area contributed by atoms with E-state index in [1.165, 1.54) is 6.07 Å². The third kappa shape index (κ3) is 3.28. The summed E-state index contributed by atoms with van der Waals surface area (Å²) in [6, 6.07) is 7.01. The first-order valence-corrected chi connectivity index (χ1v) is 7.74. The van der Waals surface area contributed by atoms with Gasteiger partial charge in [-0.15, -0.1) is 0 Å². The molecule has 0 aromatic heterocycles. The van der Waals surface area contributed by atoms with E-state index in [4.69, 9.17) is 10.5 Å². The van der Waals surface area contributed by atoms with Gasteiger partial charge in [-0.25, -0.2) is 4.39 Å². The second kappa shape index (κ2) is 6.86. The molecule has 1 fully saturated rings. The molecule has 2 rings (SSSR count). The van der Waals surface area contributed by atoms with Crippen molar-refractivity contribution in [3.63, 3.8) is 0 Å². The highest BCUT2D eigenvalue weighted by Crippen LogP contribution is 2.38. The van der Waals surface area contributed by atoms with E-state index in [0.717, 1.165) is 31.2 Å². The molecular formula is C17H27FN2O. The quantitative estimate of drug-likeness (QED) is 0.907. The zero-order valence-electron chi connectivity index (χ0n) is 13.3. The monoisotopic (exact) mass is 294 g/mol. The highest BCUT2D eigenvalue weighted by molar-refractivity contribution is 5.21. The molecule has 0 spiro atoms. The lowest BCUT2D eigenvalue weighted by Crippen LogP contribution is -2.55. The van der Waals surface area contributed by atoms with Gasteiger partial charge in [0.2, 0.25) is 0 Å². The number of benzene rings is 1. The van der Waals surface area contributed by atoms with Gasteiger partial charge in [0.25, 0.3) is 0 Å². The molecule has 1 aromatic rings. The molecular weight excluding hydrogens is 267 g/mol. The van der Waals surface area contributed by atoms with Crippen molar-refractivity contribution >= 4 is 0 Å². The molecule has 0 bridgehead atoms. The van der Waals surface area contributed by atoms with Crippen LogP contribution < -0.4 is 5.73 Å². The Morgan fingerprint density at radius 1 is 1.38 bits per heavy atom. The predicted octanol–water partition coefficient (Wildman–Crippen LogP) is 3.11. The molecule has 21 heavy (non-hydrogen) atoms. The Morgan fingerprint density at radius 3 is 2.52 bits per heavy atom. The van der Waals surface area contributed by atoms with Crippen molar-refractivity contribution < 1.29 is 9.13 Å². The fraction of sp³-hybridized carbons (Fsp3) is 0.647. The summed E-state index contributed by atoms with van der Waals surface area (Å²) in [4.78, 5) is 2.26. The molecule has 2 N–H and O–H groups in total. The predicted molar refractivity (Wildman–Crippen MR) is 83.6 cm³/mol. The molecule has 3 nitrogen and oxygen atoms in total. The standard InChI is InChI=1S/C17H27FN2O/c1-13(15-6-4-5-7-16(15)18)20(2)17(12-19)10-8-14(21-3)9-11-17/h4-7,13-14H,8-12,19H2,1-3H3. The molecule has 1 aliphatic carbocycles. The van der Waals surface area contributed by atoms with Gasteiger partial charge in [0.05, 0.1) is 6.10 Å². The maximum Gasteiger partial charge on any atom is 0.127 e. The van der Waals surface area contributed by atoms with Gasteiger partial charge in [-0.3, -0.25) is 4.90 Å². The Balaban J connectivity index is 2.17. The minimum Gasteiger partial charge on any atom is -0.381 e. The minimum atomic E-state index is -0.144. The molecule has 4 heteroatoms. The van der Waals surface area contributed by atoms with E-state index < -0.39 is 0 Å². The first-order valence-electron chi connectivity index (χ1n) is 7.74. The van der Waals surface area contributed by atoms with Gasteiger partial charge < -0.3 is 10.5 Å². The van der Waals surface area contributed by atoms with Crippen LogP contribution in [0.1, 0.15) is 44.2 Å². The van der Waals surface area contributed by atoms with Gasteiger partial charge in [0.15, 0.2) is 0 Å². The number of ether oxygens (including phenoxy) is 1. The van der Waals surface area contributed by atoms with Crippen LogP contribution in [0.5, 0.6) is 0 Å². The molecule has 1 unspecified atom stereocenters. The lowest BCUT2D eigenvalue weighted by Gasteiger charge is -2.48. The van der Waals surface area contributed by atoms with Crippen LogP contribution in [0.3, 0.4) is 0 Å². The highest BCUT2D eigenvalue weighted by atomic mass is 19.1. The number of nitrogens with two attached hydrogens (primary N) is 1. The third-order valence-corrected chi connectivity index (χ3v) is 5.26. The summed E-state index contributed by atoms with van der Waals surface area (Å²) >= 11 is 0. The molecule has 0 radical (unpaired) electrons. The van der Waals surface area contributed by atoms with Gasteiger partial charge in [-0.1, -0.05) is 18.2 Å². The summed E-state index contributed by atoms with van der Waals surface area (Å²) in [7, 11) is 3.84. The Morgan fingerprint density at radius 2 is 2.00 bits per heavy atom. The molecule has 1 atom stereocenters. The van der Waals surface area contributed by atoms with Crippen molar-refractivity contribution in [2.45, 2.75) is 50.3 Å². The maximum absolute atomic E-state index is 14.0. The lowest BCUT2D eigenvalue weighted by atomic mass is 9.78. The Kier molecular flexibility index (Phi) is 5.36. The van der Waals surface area contributed by atoms with Crippen LogP contribution >= 0.6 is 0 Å². The van der Waals surface area contributed by atoms with Crippen molar-refractivity contribution in [3.05, 3.63) is 35.6 Å². The van der Waals surface area contributed by atoms with E-state index in [0.29, 0.717) is 12.6 Å². The van der Waals surface area contributed by atoms with Crippen LogP contribution in [0.2, 0.25) is 0 Å². The lowest BCUT2D eigenvalue weighted by molar-refractivity contribution is -0.0113. The summed E-state index contributed by atoms with van der Waals surface area (Å²) in [5.74, 6) is -0.144. The Bertz CT molecular complexity index is 458. The van der Waals surface area contributed by atoms with Crippen LogP contribution in [-0.4, -0.2) is 37.2 Å². The number of hydrogen-bond acceptors (Lipinski definition) is 3. The smallest absolute Gasteiger partial charge is 0.127 e. The summed E-state index contributed by atoms with van der Waals surface area (Å²) in [6.45, 7) is 2.65. The van der Waals surface area contributed by atoms with Gasteiger partial charge in [-0.05, 0) is 45.7 Å². The first-order chi connectivity index (χ1) is 10.0. The fourth-order valence-electron chi connectivity index (χ4n) is 3.50. The average Bonchev–Trinajstić information content (AvgIpc) is 2.54. The molecule has 1 saturated carbocycles. The summed E-state index contributed by atoms with van der Waals surface area (Å²) in [5, 5.41) is 0. The molecule has 0 heterocycles.